The Bertz CT molecular complexity index is 493. The third-order valence-corrected chi connectivity index (χ3v) is 5.06. The van der Waals surface area contributed by atoms with Crippen molar-refractivity contribution in [1.82, 2.24) is 4.90 Å². The van der Waals surface area contributed by atoms with Crippen LogP contribution in [0.1, 0.15) is 43.5 Å². The average molecular weight is 314 g/mol. The van der Waals surface area contributed by atoms with Crippen molar-refractivity contribution in [2.24, 2.45) is 5.41 Å². The maximum Gasteiger partial charge on any atom is 0.178 e. The Balaban J connectivity index is 1.96. The lowest BCUT2D eigenvalue weighted by molar-refractivity contribution is 0.0813. The summed E-state index contributed by atoms with van der Waals surface area (Å²) in [6, 6.07) is 5.05. The van der Waals surface area contributed by atoms with Crippen LogP contribution in [0.25, 0.3) is 0 Å². The van der Waals surface area contributed by atoms with E-state index in [1.807, 2.05) is 0 Å². The molecule has 1 aliphatic heterocycles. The van der Waals surface area contributed by atoms with Gasteiger partial charge < -0.3 is 0 Å². The summed E-state index contributed by atoms with van der Waals surface area (Å²) in [6.45, 7) is 7.00. The first-order valence-electron chi connectivity index (χ1n) is 7.14. The van der Waals surface area contributed by atoms with Crippen molar-refractivity contribution in [1.29, 1.82) is 0 Å². The molecule has 0 aromatic heterocycles. The van der Waals surface area contributed by atoms with E-state index in [-0.39, 0.29) is 5.78 Å². The minimum atomic E-state index is 0.0757. The van der Waals surface area contributed by atoms with Gasteiger partial charge in [-0.25, -0.2) is 0 Å². The molecule has 0 aliphatic carbocycles. The second-order valence-corrected chi connectivity index (χ2v) is 6.83. The zero-order valence-corrected chi connectivity index (χ0v) is 13.6. The number of piperidine rings is 1. The molecule has 2 rings (SSSR count). The van der Waals surface area contributed by atoms with Gasteiger partial charge >= 0.3 is 0 Å². The molecule has 0 N–H and O–H groups in total. The van der Waals surface area contributed by atoms with Crippen molar-refractivity contribution in [2.75, 3.05) is 19.6 Å². The third kappa shape index (κ3) is 3.75. The SMILES string of the molecule is CCC1(C)CCN(CC(=O)c2ccc(Cl)cc2Cl)CC1. The molecular weight excluding hydrogens is 293 g/mol. The van der Waals surface area contributed by atoms with Crippen molar-refractivity contribution in [3.8, 4) is 0 Å². The lowest BCUT2D eigenvalue weighted by Gasteiger charge is -2.38. The Labute approximate surface area is 131 Å². The molecule has 0 atom stereocenters. The largest absolute Gasteiger partial charge is 0.296 e. The summed E-state index contributed by atoms with van der Waals surface area (Å²) < 4.78 is 0. The van der Waals surface area contributed by atoms with Gasteiger partial charge in [0.15, 0.2) is 5.78 Å². The molecule has 1 aromatic carbocycles. The number of likely N-dealkylation sites (tertiary alicyclic amines) is 1. The van der Waals surface area contributed by atoms with Crippen molar-refractivity contribution < 1.29 is 4.79 Å². The zero-order chi connectivity index (χ0) is 14.8. The number of nitrogens with zero attached hydrogens (tertiary/aromatic N) is 1. The molecule has 0 bridgehead atoms. The fourth-order valence-electron chi connectivity index (χ4n) is 2.61. The quantitative estimate of drug-likeness (QED) is 0.752. The maximum absolute atomic E-state index is 12.3. The first-order valence-corrected chi connectivity index (χ1v) is 7.90. The van der Waals surface area contributed by atoms with Crippen LogP contribution >= 0.6 is 23.2 Å². The minimum absolute atomic E-state index is 0.0757. The molecule has 0 saturated carbocycles. The first-order chi connectivity index (χ1) is 9.43. The van der Waals surface area contributed by atoms with Gasteiger partial charge in [-0.15, -0.1) is 0 Å². The van der Waals surface area contributed by atoms with Crippen LogP contribution in [0.15, 0.2) is 18.2 Å². The van der Waals surface area contributed by atoms with E-state index in [0.29, 0.717) is 27.6 Å². The molecule has 0 amide bonds. The van der Waals surface area contributed by atoms with Crippen LogP contribution in [0.2, 0.25) is 10.0 Å². The summed E-state index contributed by atoms with van der Waals surface area (Å²) in [5.74, 6) is 0.0757. The summed E-state index contributed by atoms with van der Waals surface area (Å²) in [6.07, 6.45) is 3.52. The van der Waals surface area contributed by atoms with Crippen molar-refractivity contribution >= 4 is 29.0 Å². The highest BCUT2D eigenvalue weighted by molar-refractivity contribution is 6.36. The monoisotopic (exact) mass is 313 g/mol. The topological polar surface area (TPSA) is 20.3 Å². The Morgan fingerprint density at radius 2 is 1.95 bits per heavy atom. The summed E-state index contributed by atoms with van der Waals surface area (Å²) in [4.78, 5) is 14.5. The van der Waals surface area contributed by atoms with E-state index in [1.54, 1.807) is 18.2 Å². The van der Waals surface area contributed by atoms with E-state index in [1.165, 1.54) is 6.42 Å². The number of carbonyl (C=O) groups excluding carboxylic acids is 1. The number of rotatable bonds is 4. The summed E-state index contributed by atoms with van der Waals surface area (Å²) in [7, 11) is 0. The van der Waals surface area contributed by atoms with Crippen LogP contribution in [0.4, 0.5) is 0 Å². The van der Waals surface area contributed by atoms with Crippen LogP contribution in [0.3, 0.4) is 0 Å². The number of ketones is 1. The van der Waals surface area contributed by atoms with E-state index in [4.69, 9.17) is 23.2 Å². The Kier molecular flexibility index (Phi) is 5.11. The van der Waals surface area contributed by atoms with Crippen molar-refractivity contribution in [3.63, 3.8) is 0 Å². The predicted molar refractivity (Wildman–Crippen MR) is 84.9 cm³/mol. The highest BCUT2D eigenvalue weighted by Crippen LogP contribution is 2.34. The lowest BCUT2D eigenvalue weighted by atomic mass is 9.78. The number of Topliss-reactive ketones (excluding diaryl/α,β-unsaturated/α-hetero) is 1. The second kappa shape index (κ2) is 6.46. The van der Waals surface area contributed by atoms with Crippen LogP contribution in [0, 0.1) is 5.41 Å². The number of halogens is 2. The molecule has 0 radical (unpaired) electrons. The second-order valence-electron chi connectivity index (χ2n) is 5.99. The molecule has 0 spiro atoms. The van der Waals surface area contributed by atoms with Gasteiger partial charge in [-0.05, 0) is 49.5 Å². The van der Waals surface area contributed by atoms with Gasteiger partial charge in [0, 0.05) is 10.6 Å². The zero-order valence-electron chi connectivity index (χ0n) is 12.1. The molecule has 1 saturated heterocycles. The molecule has 4 heteroatoms. The van der Waals surface area contributed by atoms with Crippen LogP contribution in [-0.4, -0.2) is 30.3 Å². The molecular formula is C16H21Cl2NO. The van der Waals surface area contributed by atoms with E-state index < -0.39 is 0 Å². The van der Waals surface area contributed by atoms with Gasteiger partial charge in [-0.1, -0.05) is 43.5 Å². The number of benzene rings is 1. The Hall–Kier alpha value is -0.570. The normalized spacial score (nSPS) is 19.0. The van der Waals surface area contributed by atoms with Crippen LogP contribution in [-0.2, 0) is 0 Å². The minimum Gasteiger partial charge on any atom is -0.296 e. The van der Waals surface area contributed by atoms with Gasteiger partial charge in [-0.3, -0.25) is 9.69 Å². The van der Waals surface area contributed by atoms with Gasteiger partial charge in [0.25, 0.3) is 0 Å². The van der Waals surface area contributed by atoms with Gasteiger partial charge in [-0.2, -0.15) is 0 Å². The van der Waals surface area contributed by atoms with Gasteiger partial charge in [0.1, 0.15) is 0 Å². The smallest absolute Gasteiger partial charge is 0.178 e. The summed E-state index contributed by atoms with van der Waals surface area (Å²) in [5, 5.41) is 1.00. The molecule has 1 aromatic rings. The lowest BCUT2D eigenvalue weighted by Crippen LogP contribution is -2.41. The van der Waals surface area contributed by atoms with Crippen molar-refractivity contribution in [3.05, 3.63) is 33.8 Å². The molecule has 20 heavy (non-hydrogen) atoms. The highest BCUT2D eigenvalue weighted by atomic mass is 35.5. The molecule has 1 heterocycles. The van der Waals surface area contributed by atoms with Gasteiger partial charge in [0.05, 0.1) is 11.6 Å². The standard InChI is InChI=1S/C16H21Cl2NO/c1-3-16(2)6-8-19(9-7-16)11-15(20)13-5-4-12(17)10-14(13)18/h4-5,10H,3,6-9,11H2,1-2H3. The summed E-state index contributed by atoms with van der Waals surface area (Å²) >= 11 is 11.9. The van der Waals surface area contributed by atoms with Gasteiger partial charge in [0.2, 0.25) is 0 Å². The van der Waals surface area contributed by atoms with E-state index in [2.05, 4.69) is 18.7 Å². The predicted octanol–water partition coefficient (Wildman–Crippen LogP) is 4.69. The first kappa shape index (κ1) is 15.8. The van der Waals surface area contributed by atoms with Crippen LogP contribution < -0.4 is 0 Å². The molecule has 1 aliphatic rings. The summed E-state index contributed by atoms with van der Waals surface area (Å²) in [5.41, 5.74) is 1.01. The fourth-order valence-corrected chi connectivity index (χ4v) is 3.12. The number of hydrogen-bond donors (Lipinski definition) is 0. The molecule has 0 unspecified atom stereocenters. The molecule has 2 nitrogen and oxygen atoms in total. The Morgan fingerprint density at radius 3 is 2.50 bits per heavy atom. The number of hydrogen-bond acceptors (Lipinski definition) is 2. The van der Waals surface area contributed by atoms with E-state index >= 15 is 0 Å². The molecule has 110 valence electrons. The van der Waals surface area contributed by atoms with E-state index in [9.17, 15) is 4.79 Å². The Morgan fingerprint density at radius 1 is 1.30 bits per heavy atom. The third-order valence-electron chi connectivity index (χ3n) is 4.52. The van der Waals surface area contributed by atoms with Crippen LogP contribution in [0.5, 0.6) is 0 Å². The van der Waals surface area contributed by atoms with Crippen molar-refractivity contribution in [2.45, 2.75) is 33.1 Å². The fraction of sp³-hybridized carbons (Fsp3) is 0.562. The number of carbonyl (C=O) groups is 1. The highest BCUT2D eigenvalue weighted by Gasteiger charge is 2.29. The maximum atomic E-state index is 12.3. The molecule has 1 fully saturated rings. The van der Waals surface area contributed by atoms with E-state index in [0.717, 1.165) is 25.9 Å². The average Bonchev–Trinajstić information content (AvgIpc) is 2.41.